The molecule has 0 amide bonds. The lowest BCUT2D eigenvalue weighted by Crippen LogP contribution is -2.31. The fraction of sp³-hybridized carbons (Fsp3) is 0.278. The van der Waals surface area contributed by atoms with E-state index in [0.29, 0.717) is 0 Å². The second-order valence-corrected chi connectivity index (χ2v) is 6.23. The van der Waals surface area contributed by atoms with Crippen molar-refractivity contribution in [2.45, 2.75) is 26.3 Å². The Balaban J connectivity index is 1.89. The van der Waals surface area contributed by atoms with E-state index >= 15 is 0 Å². The smallest absolute Gasteiger partial charge is 0.181 e. The summed E-state index contributed by atoms with van der Waals surface area (Å²) < 4.78 is 6.95. The first kappa shape index (κ1) is 16.0. The van der Waals surface area contributed by atoms with Crippen LogP contribution < -0.4 is 10.1 Å². The van der Waals surface area contributed by atoms with Gasteiger partial charge in [0.1, 0.15) is 5.75 Å². The molecule has 1 heterocycles. The zero-order valence-electron chi connectivity index (χ0n) is 14.3. The van der Waals surface area contributed by atoms with Crippen molar-refractivity contribution < 1.29 is 4.74 Å². The molecule has 0 radical (unpaired) electrons. The summed E-state index contributed by atoms with van der Waals surface area (Å²) in [7, 11) is 1.65. The maximum atomic E-state index is 5.19. The van der Waals surface area contributed by atoms with Gasteiger partial charge in [-0.15, -0.1) is 5.10 Å². The van der Waals surface area contributed by atoms with Crippen LogP contribution in [0.3, 0.4) is 0 Å². The monoisotopic (exact) mass is 323 g/mol. The normalized spacial score (nSPS) is 11.3. The summed E-state index contributed by atoms with van der Waals surface area (Å²) in [5, 5.41) is 15.7. The molecule has 0 saturated heterocycles. The van der Waals surface area contributed by atoms with Crippen molar-refractivity contribution in [3.05, 3.63) is 59.9 Å². The Labute approximate surface area is 141 Å². The van der Waals surface area contributed by atoms with Gasteiger partial charge in [0.2, 0.25) is 0 Å². The van der Waals surface area contributed by atoms with Gasteiger partial charge in [-0.05, 0) is 67.6 Å². The Bertz CT molecular complexity index is 806. The summed E-state index contributed by atoms with van der Waals surface area (Å²) in [5.41, 5.74) is 2.65. The van der Waals surface area contributed by atoms with Crippen LogP contribution in [0.2, 0.25) is 0 Å². The highest BCUT2D eigenvalue weighted by Gasteiger charge is 2.28. The molecule has 0 aliphatic carbocycles. The lowest BCUT2D eigenvalue weighted by atomic mass is 10.0. The topological polar surface area (TPSA) is 64.9 Å². The first-order valence-electron chi connectivity index (χ1n) is 7.78. The summed E-state index contributed by atoms with van der Waals surface area (Å²) in [6, 6.07) is 15.9. The van der Waals surface area contributed by atoms with Crippen LogP contribution in [0.5, 0.6) is 5.75 Å². The number of ether oxygens (including phenoxy) is 1. The summed E-state index contributed by atoms with van der Waals surface area (Å²) in [5.74, 6) is 1.56. The zero-order chi connectivity index (χ0) is 17.2. The van der Waals surface area contributed by atoms with Crippen LogP contribution in [0.1, 0.15) is 25.2 Å². The summed E-state index contributed by atoms with van der Waals surface area (Å²) in [4.78, 5) is 0. The molecule has 1 N–H and O–H groups in total. The zero-order valence-corrected chi connectivity index (χ0v) is 14.3. The number of rotatable bonds is 5. The van der Waals surface area contributed by atoms with E-state index in [4.69, 9.17) is 4.74 Å². The first-order chi connectivity index (χ1) is 11.5. The Hall–Kier alpha value is -2.89. The van der Waals surface area contributed by atoms with Crippen molar-refractivity contribution in [1.82, 2.24) is 20.2 Å². The fourth-order valence-electron chi connectivity index (χ4n) is 2.53. The minimum absolute atomic E-state index is 0.455. The summed E-state index contributed by atoms with van der Waals surface area (Å²) >= 11 is 0. The van der Waals surface area contributed by atoms with E-state index in [1.54, 1.807) is 11.8 Å². The number of methoxy groups -OCH3 is 1. The van der Waals surface area contributed by atoms with Crippen LogP contribution in [-0.4, -0.2) is 27.3 Å². The third-order valence-electron chi connectivity index (χ3n) is 3.85. The van der Waals surface area contributed by atoms with Crippen molar-refractivity contribution in [3.63, 3.8) is 0 Å². The van der Waals surface area contributed by atoms with Gasteiger partial charge in [-0.1, -0.05) is 17.7 Å². The lowest BCUT2D eigenvalue weighted by molar-refractivity contribution is 0.415. The van der Waals surface area contributed by atoms with Crippen molar-refractivity contribution >= 4 is 5.69 Å². The molecule has 3 rings (SSSR count). The molecule has 0 saturated carbocycles. The molecule has 0 unspecified atom stereocenters. The Morgan fingerprint density at radius 2 is 1.67 bits per heavy atom. The van der Waals surface area contributed by atoms with E-state index in [0.717, 1.165) is 22.9 Å². The summed E-state index contributed by atoms with van der Waals surface area (Å²) in [6.45, 7) is 6.15. The standard InChI is InChI=1S/C18H21N5O/c1-13-5-9-15(10-6-13)23-17(20-21-22-23)18(2,3)19-14-7-11-16(24-4)12-8-14/h5-12,19H,1-4H3. The maximum Gasteiger partial charge on any atom is 0.181 e. The van der Waals surface area contributed by atoms with Gasteiger partial charge < -0.3 is 10.1 Å². The molecule has 3 aromatic rings. The van der Waals surface area contributed by atoms with Gasteiger partial charge >= 0.3 is 0 Å². The highest BCUT2D eigenvalue weighted by molar-refractivity contribution is 5.49. The third kappa shape index (κ3) is 3.22. The molecule has 24 heavy (non-hydrogen) atoms. The molecule has 0 bridgehead atoms. The second kappa shape index (κ2) is 6.31. The van der Waals surface area contributed by atoms with Gasteiger partial charge in [-0.25, -0.2) is 0 Å². The van der Waals surface area contributed by atoms with E-state index in [2.05, 4.69) is 27.8 Å². The molecule has 1 aromatic heterocycles. The van der Waals surface area contributed by atoms with Crippen LogP contribution >= 0.6 is 0 Å². The Morgan fingerprint density at radius 1 is 1.00 bits per heavy atom. The van der Waals surface area contributed by atoms with Crippen molar-refractivity contribution in [3.8, 4) is 11.4 Å². The molecule has 124 valence electrons. The molecule has 2 aromatic carbocycles. The van der Waals surface area contributed by atoms with Gasteiger partial charge in [0.25, 0.3) is 0 Å². The number of hydrogen-bond acceptors (Lipinski definition) is 5. The van der Waals surface area contributed by atoms with Crippen LogP contribution in [0.15, 0.2) is 48.5 Å². The van der Waals surface area contributed by atoms with Gasteiger partial charge in [0.05, 0.1) is 18.3 Å². The minimum Gasteiger partial charge on any atom is -0.497 e. The average Bonchev–Trinajstić information content (AvgIpc) is 3.06. The van der Waals surface area contributed by atoms with E-state index in [9.17, 15) is 0 Å². The maximum absolute atomic E-state index is 5.19. The molecule has 0 spiro atoms. The first-order valence-corrected chi connectivity index (χ1v) is 7.78. The average molecular weight is 323 g/mol. The SMILES string of the molecule is COc1ccc(NC(C)(C)c2nnnn2-c2ccc(C)cc2)cc1. The molecule has 6 heteroatoms. The highest BCUT2D eigenvalue weighted by Crippen LogP contribution is 2.26. The van der Waals surface area contributed by atoms with E-state index < -0.39 is 5.54 Å². The van der Waals surface area contributed by atoms with Crippen LogP contribution in [0.25, 0.3) is 5.69 Å². The quantitative estimate of drug-likeness (QED) is 0.780. The largest absolute Gasteiger partial charge is 0.497 e. The molecule has 0 aliphatic heterocycles. The van der Waals surface area contributed by atoms with Gasteiger partial charge in [0, 0.05) is 5.69 Å². The molecular weight excluding hydrogens is 302 g/mol. The Morgan fingerprint density at radius 3 is 2.29 bits per heavy atom. The molecular formula is C18H21N5O. The minimum atomic E-state index is -0.455. The number of nitrogens with zero attached hydrogens (tertiary/aromatic N) is 4. The van der Waals surface area contributed by atoms with Gasteiger partial charge in [0.15, 0.2) is 5.82 Å². The molecule has 0 fully saturated rings. The van der Waals surface area contributed by atoms with E-state index in [1.807, 2.05) is 62.4 Å². The summed E-state index contributed by atoms with van der Waals surface area (Å²) in [6.07, 6.45) is 0. The number of hydrogen-bond donors (Lipinski definition) is 1. The van der Waals surface area contributed by atoms with Gasteiger partial charge in [-0.3, -0.25) is 0 Å². The number of anilines is 1. The van der Waals surface area contributed by atoms with Crippen LogP contribution in [0.4, 0.5) is 5.69 Å². The fourth-order valence-corrected chi connectivity index (χ4v) is 2.53. The lowest BCUT2D eigenvalue weighted by Gasteiger charge is -2.26. The van der Waals surface area contributed by atoms with E-state index in [-0.39, 0.29) is 0 Å². The van der Waals surface area contributed by atoms with E-state index in [1.165, 1.54) is 5.56 Å². The number of benzene rings is 2. The number of tetrazole rings is 1. The predicted molar refractivity (Wildman–Crippen MR) is 93.5 cm³/mol. The number of aryl methyl sites for hydroxylation is 1. The molecule has 6 nitrogen and oxygen atoms in total. The second-order valence-electron chi connectivity index (χ2n) is 6.23. The number of nitrogens with one attached hydrogen (secondary N) is 1. The third-order valence-corrected chi connectivity index (χ3v) is 3.85. The highest BCUT2D eigenvalue weighted by atomic mass is 16.5. The predicted octanol–water partition coefficient (Wildman–Crippen LogP) is 3.33. The molecule has 0 atom stereocenters. The number of aromatic nitrogens is 4. The van der Waals surface area contributed by atoms with Crippen LogP contribution in [0, 0.1) is 6.92 Å². The van der Waals surface area contributed by atoms with Crippen molar-refractivity contribution in [2.24, 2.45) is 0 Å². The van der Waals surface area contributed by atoms with Crippen molar-refractivity contribution in [2.75, 3.05) is 12.4 Å². The van der Waals surface area contributed by atoms with Crippen molar-refractivity contribution in [1.29, 1.82) is 0 Å². The Kier molecular flexibility index (Phi) is 4.20. The van der Waals surface area contributed by atoms with Crippen LogP contribution in [-0.2, 0) is 5.54 Å². The van der Waals surface area contributed by atoms with Gasteiger partial charge in [-0.2, -0.15) is 4.68 Å². The molecule has 0 aliphatic rings.